The number of amides is 1. The van der Waals surface area contributed by atoms with Gasteiger partial charge in [0.2, 0.25) is 10.9 Å². The minimum absolute atomic E-state index is 0.0537. The van der Waals surface area contributed by atoms with E-state index in [1.807, 2.05) is 13.8 Å². The smallest absolute Gasteiger partial charge is 0.352 e. The van der Waals surface area contributed by atoms with Gasteiger partial charge in [-0.3, -0.25) is 9.69 Å². The van der Waals surface area contributed by atoms with E-state index in [4.69, 9.17) is 5.73 Å². The second-order valence-electron chi connectivity index (χ2n) is 5.27. The summed E-state index contributed by atoms with van der Waals surface area (Å²) >= 11 is 2.90. The highest BCUT2D eigenvalue weighted by molar-refractivity contribution is 8.02. The number of nitrogens with zero attached hydrogens (tertiary/aromatic N) is 4. The van der Waals surface area contributed by atoms with Gasteiger partial charge in [-0.05, 0) is 19.4 Å². The van der Waals surface area contributed by atoms with E-state index in [9.17, 15) is 14.7 Å². The van der Waals surface area contributed by atoms with Crippen LogP contribution in [0.5, 0.6) is 0 Å². The highest BCUT2D eigenvalue weighted by Crippen LogP contribution is 2.44. The van der Waals surface area contributed by atoms with Crippen LogP contribution >= 0.6 is 23.5 Å². The van der Waals surface area contributed by atoms with Gasteiger partial charge in [0.1, 0.15) is 23.5 Å². The van der Waals surface area contributed by atoms with E-state index < -0.39 is 17.0 Å². The molecule has 10 heteroatoms. The molecule has 3 N–H and O–H groups in total. The predicted molar refractivity (Wildman–Crippen MR) is 84.5 cm³/mol. The maximum absolute atomic E-state index is 11.9. The molecule has 0 aromatic rings. The fourth-order valence-corrected chi connectivity index (χ4v) is 5.34. The van der Waals surface area contributed by atoms with Crippen molar-refractivity contribution < 1.29 is 14.7 Å². The molecule has 0 aliphatic carbocycles. The Bertz CT molecular complexity index is 620. The van der Waals surface area contributed by atoms with E-state index in [0.29, 0.717) is 11.3 Å². The van der Waals surface area contributed by atoms with Crippen LogP contribution in [0.2, 0.25) is 0 Å². The molecule has 118 valence electrons. The molecule has 1 saturated heterocycles. The number of carboxylic acids is 1. The Morgan fingerprint density at radius 1 is 1.68 bits per heavy atom. The molecule has 22 heavy (non-hydrogen) atoms. The van der Waals surface area contributed by atoms with Crippen molar-refractivity contribution in [2.24, 2.45) is 21.0 Å². The van der Waals surface area contributed by atoms with Gasteiger partial charge in [0, 0.05) is 11.0 Å². The van der Waals surface area contributed by atoms with Crippen LogP contribution in [-0.2, 0) is 9.59 Å². The first-order valence-corrected chi connectivity index (χ1v) is 8.57. The first-order chi connectivity index (χ1) is 10.3. The van der Waals surface area contributed by atoms with E-state index >= 15 is 0 Å². The summed E-state index contributed by atoms with van der Waals surface area (Å²) in [4.78, 5) is 28.3. The molecule has 0 bridgehead atoms. The van der Waals surface area contributed by atoms with Gasteiger partial charge in [0.05, 0.1) is 0 Å². The Labute approximate surface area is 135 Å². The quantitative estimate of drug-likeness (QED) is 0.732. The molecule has 0 aromatic carbocycles. The monoisotopic (exact) mass is 341 g/mol. The number of rotatable bonds is 4. The lowest BCUT2D eigenvalue weighted by Gasteiger charge is -2.48. The topological polar surface area (TPSA) is 121 Å². The Kier molecular flexibility index (Phi) is 3.77. The van der Waals surface area contributed by atoms with Crippen LogP contribution in [0.4, 0.5) is 0 Å². The van der Waals surface area contributed by atoms with Crippen LogP contribution in [0.25, 0.3) is 0 Å². The molecule has 0 spiro atoms. The number of carbonyl (C=O) groups is 2. The molecule has 1 amide bonds. The summed E-state index contributed by atoms with van der Waals surface area (Å²) in [6.45, 7) is 3.70. The zero-order chi connectivity index (χ0) is 16.1. The zero-order valence-electron chi connectivity index (χ0n) is 12.0. The number of nitrogens with two attached hydrogens (primary N) is 1. The van der Waals surface area contributed by atoms with E-state index in [1.54, 1.807) is 0 Å². The van der Waals surface area contributed by atoms with Crippen molar-refractivity contribution in [1.29, 1.82) is 0 Å². The summed E-state index contributed by atoms with van der Waals surface area (Å²) in [5.41, 5.74) is 6.48. The maximum Gasteiger partial charge on any atom is 0.352 e. The fourth-order valence-electron chi connectivity index (χ4n) is 2.60. The van der Waals surface area contributed by atoms with Crippen LogP contribution in [0.3, 0.4) is 0 Å². The minimum Gasteiger partial charge on any atom is -0.477 e. The van der Waals surface area contributed by atoms with Gasteiger partial charge in [0.15, 0.2) is 0 Å². The Balaban J connectivity index is 1.89. The third kappa shape index (κ3) is 2.34. The van der Waals surface area contributed by atoms with Gasteiger partial charge in [-0.2, -0.15) is 0 Å². The number of carbonyl (C=O) groups excluding carboxylic acids is 1. The fraction of sp³-hybridized carbons (Fsp3) is 0.583. The minimum atomic E-state index is -1.10. The Morgan fingerprint density at radius 3 is 3.00 bits per heavy atom. The molecule has 3 aliphatic rings. The molecule has 3 heterocycles. The molecular weight excluding hydrogens is 326 g/mol. The van der Waals surface area contributed by atoms with Crippen molar-refractivity contribution in [3.8, 4) is 0 Å². The third-order valence-corrected chi connectivity index (χ3v) is 6.32. The Hall–Kier alpha value is -1.39. The second kappa shape index (κ2) is 5.36. The van der Waals surface area contributed by atoms with E-state index in [2.05, 4.69) is 15.2 Å². The van der Waals surface area contributed by atoms with Crippen molar-refractivity contribution in [3.63, 3.8) is 0 Å². The van der Waals surface area contributed by atoms with Crippen molar-refractivity contribution in [3.05, 3.63) is 11.3 Å². The van der Waals surface area contributed by atoms with Gasteiger partial charge in [-0.25, -0.2) is 9.79 Å². The average molecular weight is 341 g/mol. The summed E-state index contributed by atoms with van der Waals surface area (Å²) in [6.07, 6.45) is 1.38. The second-order valence-corrected chi connectivity index (χ2v) is 8.09. The van der Waals surface area contributed by atoms with Gasteiger partial charge < -0.3 is 10.8 Å². The van der Waals surface area contributed by atoms with Crippen LogP contribution in [-0.4, -0.2) is 55.6 Å². The molecule has 0 saturated carbocycles. The molecule has 3 rings (SSSR count). The summed E-state index contributed by atoms with van der Waals surface area (Å²) < 4.78 is 0. The molecule has 4 atom stereocenters. The largest absolute Gasteiger partial charge is 0.477 e. The molecule has 3 aliphatic heterocycles. The normalized spacial score (nSPS) is 34.7. The SMILES string of the molecule is CC(SC1(C)N=CN=N1)C1=C(C(=O)O)N2C(=O)C(N)[C@@H]2SC1. The van der Waals surface area contributed by atoms with E-state index in [-0.39, 0.29) is 22.2 Å². The summed E-state index contributed by atoms with van der Waals surface area (Å²) in [5.74, 6) is -0.918. The summed E-state index contributed by atoms with van der Waals surface area (Å²) in [6, 6.07) is -0.616. The number of aliphatic carboxylic acids is 1. The van der Waals surface area contributed by atoms with Crippen molar-refractivity contribution in [2.45, 2.75) is 35.5 Å². The predicted octanol–water partition coefficient (Wildman–Crippen LogP) is 0.857. The number of β-lactam (4-membered cyclic amide) rings is 1. The first-order valence-electron chi connectivity index (χ1n) is 6.64. The zero-order valence-corrected chi connectivity index (χ0v) is 13.6. The van der Waals surface area contributed by atoms with Crippen LogP contribution in [0.1, 0.15) is 13.8 Å². The molecule has 0 aromatic heterocycles. The highest BCUT2D eigenvalue weighted by atomic mass is 32.2. The molecular formula is C12H15N5O3S2. The maximum atomic E-state index is 11.9. The molecule has 8 nitrogen and oxygen atoms in total. The third-order valence-electron chi connectivity index (χ3n) is 3.72. The van der Waals surface area contributed by atoms with Gasteiger partial charge >= 0.3 is 5.97 Å². The first kappa shape index (κ1) is 15.5. The van der Waals surface area contributed by atoms with E-state index in [1.165, 1.54) is 34.8 Å². The van der Waals surface area contributed by atoms with Crippen LogP contribution in [0, 0.1) is 0 Å². The number of thioether (sulfide) groups is 2. The summed E-state index contributed by atoms with van der Waals surface area (Å²) in [7, 11) is 0. The number of hydrogen-bond donors (Lipinski definition) is 2. The number of carboxylic acid groups (broad SMARTS) is 1. The molecule has 1 fully saturated rings. The number of azo groups is 1. The highest BCUT2D eigenvalue weighted by Gasteiger charge is 2.52. The number of aliphatic imine (C=N–C) groups is 1. The van der Waals surface area contributed by atoms with Crippen LogP contribution in [0.15, 0.2) is 26.5 Å². The van der Waals surface area contributed by atoms with Gasteiger partial charge in [0.25, 0.3) is 0 Å². The van der Waals surface area contributed by atoms with Crippen molar-refractivity contribution in [1.82, 2.24) is 4.90 Å². The number of fused-ring (bicyclic) bond motifs is 1. The molecule has 0 radical (unpaired) electrons. The average Bonchev–Trinajstić information content (AvgIpc) is 2.90. The van der Waals surface area contributed by atoms with Gasteiger partial charge in [-0.1, -0.05) is 11.8 Å². The standard InChI is InChI=1S/C12H15N5O3S2/c1-5(22-12(2)14-4-15-16-12)6-3-21-10-7(13)9(18)17(10)8(6)11(19)20/h4-5,7,10H,3,13H2,1-2H3,(H,19,20)/t5?,7?,10-,12?/m0/s1. The van der Waals surface area contributed by atoms with Crippen LogP contribution < -0.4 is 5.73 Å². The Morgan fingerprint density at radius 2 is 2.41 bits per heavy atom. The summed E-state index contributed by atoms with van der Waals surface area (Å²) in [5, 5.41) is 16.9. The lowest BCUT2D eigenvalue weighted by molar-refractivity contribution is -0.148. The lowest BCUT2D eigenvalue weighted by atomic mass is 10.0. The van der Waals surface area contributed by atoms with Crippen molar-refractivity contribution >= 4 is 41.7 Å². The number of hydrogen-bond acceptors (Lipinski definition) is 8. The molecule has 3 unspecified atom stereocenters. The van der Waals surface area contributed by atoms with E-state index in [0.717, 1.165) is 0 Å². The van der Waals surface area contributed by atoms with Crippen molar-refractivity contribution in [2.75, 3.05) is 5.75 Å². The van der Waals surface area contributed by atoms with Gasteiger partial charge in [-0.15, -0.1) is 22.0 Å². The lowest BCUT2D eigenvalue weighted by Crippen LogP contribution is -2.68.